The molecule has 0 saturated carbocycles. The second-order valence-corrected chi connectivity index (χ2v) is 9.04. The van der Waals surface area contributed by atoms with Gasteiger partial charge in [0.15, 0.2) is 0 Å². The highest BCUT2D eigenvalue weighted by Gasteiger charge is 2.37. The predicted molar refractivity (Wildman–Crippen MR) is 103 cm³/mol. The van der Waals surface area contributed by atoms with Gasteiger partial charge in [-0.25, -0.2) is 8.42 Å². The fourth-order valence-electron chi connectivity index (χ4n) is 3.42. The van der Waals surface area contributed by atoms with Crippen LogP contribution in [0.4, 0.5) is 0 Å². The van der Waals surface area contributed by atoms with Gasteiger partial charge < -0.3 is 4.74 Å². The van der Waals surface area contributed by atoms with Gasteiger partial charge in [-0.3, -0.25) is 0 Å². The maximum Gasteiger partial charge on any atom is 0.243 e. The average molecular weight is 386 g/mol. The molecule has 134 valence electrons. The summed E-state index contributed by atoms with van der Waals surface area (Å²) in [6.07, 6.45) is 0.742. The quantitative estimate of drug-likeness (QED) is 0.679. The van der Waals surface area contributed by atoms with Crippen LogP contribution in [-0.2, 0) is 16.4 Å². The third-order valence-corrected chi connectivity index (χ3v) is 7.58. The summed E-state index contributed by atoms with van der Waals surface area (Å²) in [6.45, 7) is 0.474. The van der Waals surface area contributed by atoms with Crippen LogP contribution < -0.4 is 4.74 Å². The van der Waals surface area contributed by atoms with Crippen molar-refractivity contribution in [2.45, 2.75) is 17.4 Å². The van der Waals surface area contributed by atoms with E-state index in [1.165, 1.54) is 4.88 Å². The van der Waals surface area contributed by atoms with E-state index in [0.29, 0.717) is 12.3 Å². The summed E-state index contributed by atoms with van der Waals surface area (Å²) < 4.78 is 33.6. The zero-order chi connectivity index (χ0) is 18.1. The molecule has 0 fully saturated rings. The zero-order valence-corrected chi connectivity index (χ0v) is 16.0. The zero-order valence-electron chi connectivity index (χ0n) is 14.3. The number of benzene rings is 2. The summed E-state index contributed by atoms with van der Waals surface area (Å²) in [5, 5.41) is 2.05. The first-order valence-electron chi connectivity index (χ1n) is 8.38. The van der Waals surface area contributed by atoms with Gasteiger partial charge in [-0.2, -0.15) is 4.31 Å². The van der Waals surface area contributed by atoms with Gasteiger partial charge >= 0.3 is 0 Å². The molecule has 0 amide bonds. The Morgan fingerprint density at radius 1 is 1.04 bits per heavy atom. The van der Waals surface area contributed by atoms with E-state index in [9.17, 15) is 8.42 Å². The lowest BCUT2D eigenvalue weighted by Crippen LogP contribution is -2.40. The third-order valence-electron chi connectivity index (χ3n) is 4.70. The maximum atomic E-state index is 13.4. The first kappa shape index (κ1) is 17.3. The van der Waals surface area contributed by atoms with Crippen molar-refractivity contribution in [1.82, 2.24) is 4.31 Å². The van der Waals surface area contributed by atoms with Crippen LogP contribution in [0.15, 0.2) is 70.9 Å². The van der Waals surface area contributed by atoms with Gasteiger partial charge in [0.2, 0.25) is 10.0 Å². The Hall–Kier alpha value is -2.15. The molecule has 6 heteroatoms. The summed E-state index contributed by atoms with van der Waals surface area (Å²) in [5.74, 6) is 0.641. The Labute approximate surface area is 157 Å². The Bertz CT molecular complexity index is 995. The standard InChI is InChI=1S/C20H19NO3S2/c1-24-16-7-9-17(10-8-16)26(22,23)21-13-11-19-18(12-14-25-19)20(21)15-5-3-2-4-6-15/h2-10,12,14,20H,11,13H2,1H3. The molecule has 1 aliphatic heterocycles. The molecule has 0 saturated heterocycles. The molecule has 1 aromatic heterocycles. The van der Waals surface area contributed by atoms with Crippen LogP contribution in [0.3, 0.4) is 0 Å². The number of nitrogens with zero attached hydrogens (tertiary/aromatic N) is 1. The molecular weight excluding hydrogens is 366 g/mol. The molecule has 1 aliphatic rings. The number of hydrogen-bond donors (Lipinski definition) is 0. The molecule has 1 unspecified atom stereocenters. The topological polar surface area (TPSA) is 46.6 Å². The van der Waals surface area contributed by atoms with Crippen LogP contribution in [0.25, 0.3) is 0 Å². The number of fused-ring (bicyclic) bond motifs is 1. The first-order valence-corrected chi connectivity index (χ1v) is 10.7. The van der Waals surface area contributed by atoms with Gasteiger partial charge in [-0.05, 0) is 53.3 Å². The molecule has 4 nitrogen and oxygen atoms in total. The highest BCUT2D eigenvalue weighted by atomic mass is 32.2. The number of thiophene rings is 1. The SMILES string of the molecule is COc1ccc(S(=O)(=O)N2CCc3sccc3C2c2ccccc2)cc1. The molecule has 3 aromatic rings. The van der Waals surface area contributed by atoms with E-state index in [4.69, 9.17) is 4.74 Å². The minimum absolute atomic E-state index is 0.290. The molecule has 0 aliphatic carbocycles. The molecule has 4 rings (SSSR count). The van der Waals surface area contributed by atoms with Crippen LogP contribution >= 0.6 is 11.3 Å². The largest absolute Gasteiger partial charge is 0.497 e. The Balaban J connectivity index is 1.81. The number of hydrogen-bond acceptors (Lipinski definition) is 4. The van der Waals surface area contributed by atoms with E-state index in [1.54, 1.807) is 47.0 Å². The van der Waals surface area contributed by atoms with E-state index in [1.807, 2.05) is 41.8 Å². The second kappa shape index (κ2) is 6.87. The van der Waals surface area contributed by atoms with Crippen molar-refractivity contribution < 1.29 is 13.2 Å². The van der Waals surface area contributed by atoms with E-state index in [2.05, 4.69) is 0 Å². The van der Waals surface area contributed by atoms with E-state index in [0.717, 1.165) is 17.5 Å². The van der Waals surface area contributed by atoms with Gasteiger partial charge in [0.05, 0.1) is 18.0 Å². The van der Waals surface area contributed by atoms with Crippen LogP contribution in [0.1, 0.15) is 22.0 Å². The number of methoxy groups -OCH3 is 1. The van der Waals surface area contributed by atoms with Crippen LogP contribution in [0.2, 0.25) is 0 Å². The van der Waals surface area contributed by atoms with Gasteiger partial charge in [0.1, 0.15) is 5.75 Å². The number of rotatable bonds is 4. The normalized spacial score (nSPS) is 17.7. The molecule has 0 N–H and O–H groups in total. The molecule has 0 radical (unpaired) electrons. The predicted octanol–water partition coefficient (Wildman–Crippen LogP) is 4.09. The Morgan fingerprint density at radius 2 is 1.77 bits per heavy atom. The van der Waals surface area contributed by atoms with Gasteiger partial charge in [-0.15, -0.1) is 11.3 Å². The van der Waals surface area contributed by atoms with Crippen molar-refractivity contribution in [3.8, 4) is 5.75 Å². The fourth-order valence-corrected chi connectivity index (χ4v) is 5.92. The molecule has 0 spiro atoms. The van der Waals surface area contributed by atoms with Crippen LogP contribution in [-0.4, -0.2) is 26.4 Å². The number of ether oxygens (including phenoxy) is 1. The summed E-state index contributed by atoms with van der Waals surface area (Å²) in [6, 6.07) is 18.2. The van der Waals surface area contributed by atoms with Gasteiger partial charge in [0, 0.05) is 11.4 Å². The average Bonchev–Trinajstić information content (AvgIpc) is 3.16. The van der Waals surface area contributed by atoms with Gasteiger partial charge in [-0.1, -0.05) is 30.3 Å². The minimum Gasteiger partial charge on any atom is -0.497 e. The molecule has 0 bridgehead atoms. The fraction of sp³-hybridized carbons (Fsp3) is 0.200. The summed E-state index contributed by atoms with van der Waals surface area (Å²) in [4.78, 5) is 1.55. The summed E-state index contributed by atoms with van der Waals surface area (Å²) in [5.41, 5.74) is 2.08. The minimum atomic E-state index is -3.62. The van der Waals surface area contributed by atoms with Crippen molar-refractivity contribution in [3.63, 3.8) is 0 Å². The summed E-state index contributed by atoms with van der Waals surface area (Å²) >= 11 is 1.70. The highest BCUT2D eigenvalue weighted by Crippen LogP contribution is 2.40. The van der Waals surface area contributed by atoms with E-state index >= 15 is 0 Å². The lowest BCUT2D eigenvalue weighted by molar-refractivity contribution is 0.346. The smallest absolute Gasteiger partial charge is 0.243 e. The van der Waals surface area contributed by atoms with E-state index in [-0.39, 0.29) is 10.9 Å². The Kier molecular flexibility index (Phi) is 4.56. The molecular formula is C20H19NO3S2. The highest BCUT2D eigenvalue weighted by molar-refractivity contribution is 7.89. The van der Waals surface area contributed by atoms with Crippen molar-refractivity contribution >= 4 is 21.4 Å². The number of sulfonamides is 1. The van der Waals surface area contributed by atoms with Crippen LogP contribution in [0, 0.1) is 0 Å². The molecule has 26 heavy (non-hydrogen) atoms. The monoisotopic (exact) mass is 385 g/mol. The second-order valence-electron chi connectivity index (χ2n) is 6.15. The van der Waals surface area contributed by atoms with E-state index < -0.39 is 10.0 Å². The Morgan fingerprint density at radius 3 is 2.46 bits per heavy atom. The summed E-state index contributed by atoms with van der Waals surface area (Å²) in [7, 11) is -2.06. The molecule has 2 aromatic carbocycles. The van der Waals surface area contributed by atoms with Crippen LogP contribution in [0.5, 0.6) is 5.75 Å². The van der Waals surface area contributed by atoms with Crippen molar-refractivity contribution in [3.05, 3.63) is 82.0 Å². The maximum absolute atomic E-state index is 13.4. The van der Waals surface area contributed by atoms with Crippen molar-refractivity contribution in [2.24, 2.45) is 0 Å². The first-order chi connectivity index (χ1) is 12.6. The lowest BCUT2D eigenvalue weighted by Gasteiger charge is -2.35. The van der Waals surface area contributed by atoms with Crippen molar-refractivity contribution in [2.75, 3.05) is 13.7 Å². The lowest BCUT2D eigenvalue weighted by atomic mass is 9.95. The molecule has 1 atom stereocenters. The third kappa shape index (κ3) is 2.94. The molecule has 2 heterocycles. The van der Waals surface area contributed by atoms with Crippen molar-refractivity contribution in [1.29, 1.82) is 0 Å². The van der Waals surface area contributed by atoms with Gasteiger partial charge in [0.25, 0.3) is 0 Å².